The minimum atomic E-state index is 0.523. The van der Waals surface area contributed by atoms with Crippen LogP contribution < -0.4 is 5.32 Å². The van der Waals surface area contributed by atoms with Crippen molar-refractivity contribution in [3.05, 3.63) is 35.5 Å². The van der Waals surface area contributed by atoms with Gasteiger partial charge < -0.3 is 5.32 Å². The first-order valence-electron chi connectivity index (χ1n) is 9.04. The summed E-state index contributed by atoms with van der Waals surface area (Å²) in [5.74, 6) is 7.24. The van der Waals surface area contributed by atoms with E-state index < -0.39 is 0 Å². The Morgan fingerprint density at radius 1 is 1.25 bits per heavy atom. The molecule has 2 aromatic rings. The Morgan fingerprint density at radius 2 is 2.17 bits per heavy atom. The molecule has 0 amide bonds. The number of nitrogens with zero attached hydrogens (tertiary/aromatic N) is 3. The topological polar surface area (TPSA) is 42.7 Å². The smallest absolute Gasteiger partial charge is 0.113 e. The summed E-state index contributed by atoms with van der Waals surface area (Å²) in [6, 6.07) is 6.90. The highest BCUT2D eigenvalue weighted by atomic mass is 15.4. The van der Waals surface area contributed by atoms with Gasteiger partial charge in [0.2, 0.25) is 0 Å². The number of piperidine rings is 1. The van der Waals surface area contributed by atoms with E-state index in [-0.39, 0.29) is 0 Å². The molecule has 124 valence electrons. The lowest BCUT2D eigenvalue weighted by Crippen LogP contribution is -2.37. The number of hydrogen-bond acceptors (Lipinski definition) is 3. The lowest BCUT2D eigenvalue weighted by atomic mass is 10.0. The highest BCUT2D eigenvalue weighted by Crippen LogP contribution is 2.28. The SMILES string of the molecule is Cc1cc(C#CC2CC2)ccc1-c1cn(C[C@H]2CCCCN2)nn1. The summed E-state index contributed by atoms with van der Waals surface area (Å²) in [7, 11) is 0. The third-order valence-electron chi connectivity index (χ3n) is 4.86. The summed E-state index contributed by atoms with van der Waals surface area (Å²) in [5, 5.41) is 12.3. The maximum absolute atomic E-state index is 4.38. The van der Waals surface area contributed by atoms with Crippen LogP contribution in [-0.4, -0.2) is 27.6 Å². The number of aromatic nitrogens is 3. The van der Waals surface area contributed by atoms with Crippen molar-refractivity contribution < 1.29 is 0 Å². The molecule has 1 saturated carbocycles. The van der Waals surface area contributed by atoms with Crippen molar-refractivity contribution in [3.8, 4) is 23.1 Å². The number of aryl methyl sites for hydroxylation is 1. The fourth-order valence-corrected chi connectivity index (χ4v) is 3.26. The summed E-state index contributed by atoms with van der Waals surface area (Å²) in [5.41, 5.74) is 4.40. The molecule has 2 fully saturated rings. The van der Waals surface area contributed by atoms with Gasteiger partial charge in [0.15, 0.2) is 0 Å². The molecular weight excluding hydrogens is 296 g/mol. The minimum absolute atomic E-state index is 0.523. The van der Waals surface area contributed by atoms with E-state index in [1.165, 1.54) is 37.7 Å². The molecule has 4 nitrogen and oxygen atoms in total. The van der Waals surface area contributed by atoms with E-state index in [4.69, 9.17) is 0 Å². The van der Waals surface area contributed by atoms with Gasteiger partial charge in [-0.1, -0.05) is 29.5 Å². The van der Waals surface area contributed by atoms with E-state index in [2.05, 4.69) is 58.8 Å². The van der Waals surface area contributed by atoms with Gasteiger partial charge in [-0.15, -0.1) is 5.10 Å². The van der Waals surface area contributed by atoms with Gasteiger partial charge in [0.1, 0.15) is 5.69 Å². The first-order chi connectivity index (χ1) is 11.8. The van der Waals surface area contributed by atoms with Crippen LogP contribution in [0.15, 0.2) is 24.4 Å². The number of rotatable bonds is 3. The lowest BCUT2D eigenvalue weighted by molar-refractivity contribution is 0.348. The predicted octanol–water partition coefficient (Wildman–Crippen LogP) is 3.16. The van der Waals surface area contributed by atoms with Gasteiger partial charge in [-0.25, -0.2) is 0 Å². The molecule has 1 aliphatic carbocycles. The van der Waals surface area contributed by atoms with Crippen LogP contribution in [-0.2, 0) is 6.54 Å². The number of nitrogens with one attached hydrogen (secondary N) is 1. The molecule has 0 unspecified atom stereocenters. The third-order valence-corrected chi connectivity index (χ3v) is 4.86. The highest BCUT2D eigenvalue weighted by Gasteiger charge is 2.18. The normalized spacial score (nSPS) is 20.5. The quantitative estimate of drug-likeness (QED) is 0.884. The third kappa shape index (κ3) is 3.68. The van der Waals surface area contributed by atoms with E-state index in [9.17, 15) is 0 Å². The second-order valence-electron chi connectivity index (χ2n) is 7.05. The standard InChI is InChI=1S/C20H24N4/c1-15-12-17(8-7-16-5-6-16)9-10-19(15)20-14-24(23-22-20)13-18-4-2-3-11-21-18/h9-10,12,14,16,18,21H,2-6,11,13H2,1H3/t18-/m1/s1. The maximum Gasteiger partial charge on any atom is 0.113 e. The first-order valence-corrected chi connectivity index (χ1v) is 9.04. The zero-order valence-corrected chi connectivity index (χ0v) is 14.3. The lowest BCUT2D eigenvalue weighted by Gasteiger charge is -2.22. The van der Waals surface area contributed by atoms with Crippen molar-refractivity contribution in [1.82, 2.24) is 20.3 Å². The van der Waals surface area contributed by atoms with Gasteiger partial charge in [0, 0.05) is 23.1 Å². The highest BCUT2D eigenvalue weighted by molar-refractivity contribution is 5.64. The Morgan fingerprint density at radius 3 is 2.92 bits per heavy atom. The molecule has 4 heteroatoms. The Bertz CT molecular complexity index is 770. The van der Waals surface area contributed by atoms with Crippen molar-refractivity contribution in [3.63, 3.8) is 0 Å². The van der Waals surface area contributed by atoms with E-state index in [1.54, 1.807) is 0 Å². The second-order valence-corrected chi connectivity index (χ2v) is 7.05. The summed E-state index contributed by atoms with van der Waals surface area (Å²) >= 11 is 0. The van der Waals surface area contributed by atoms with Crippen LogP contribution in [0.4, 0.5) is 0 Å². The first kappa shape index (κ1) is 15.4. The largest absolute Gasteiger partial charge is 0.312 e. The van der Waals surface area contributed by atoms with Crippen LogP contribution in [0, 0.1) is 24.7 Å². The van der Waals surface area contributed by atoms with Crippen molar-refractivity contribution in [2.75, 3.05) is 6.54 Å². The molecule has 0 bridgehead atoms. The van der Waals surface area contributed by atoms with E-state index >= 15 is 0 Å². The fraction of sp³-hybridized carbons (Fsp3) is 0.500. The average molecular weight is 320 g/mol. The molecule has 24 heavy (non-hydrogen) atoms. The van der Waals surface area contributed by atoms with Gasteiger partial charge in [0.05, 0.1) is 12.7 Å². The summed E-state index contributed by atoms with van der Waals surface area (Å²) in [6.07, 6.45) is 8.42. The monoisotopic (exact) mass is 320 g/mol. The number of hydrogen-bond donors (Lipinski definition) is 1. The van der Waals surface area contributed by atoms with Gasteiger partial charge >= 0.3 is 0 Å². The second kappa shape index (κ2) is 6.78. The van der Waals surface area contributed by atoms with Crippen LogP contribution in [0.1, 0.15) is 43.2 Å². The van der Waals surface area contributed by atoms with Crippen molar-refractivity contribution in [2.24, 2.45) is 5.92 Å². The molecule has 0 radical (unpaired) electrons. The molecular formula is C20H24N4. The van der Waals surface area contributed by atoms with Crippen molar-refractivity contribution >= 4 is 0 Å². The zero-order valence-electron chi connectivity index (χ0n) is 14.3. The van der Waals surface area contributed by atoms with Crippen molar-refractivity contribution in [2.45, 2.75) is 51.6 Å². The molecule has 1 aromatic heterocycles. The molecule has 0 spiro atoms. The van der Waals surface area contributed by atoms with Crippen LogP contribution in [0.25, 0.3) is 11.3 Å². The molecule has 1 aliphatic heterocycles. The molecule has 1 atom stereocenters. The van der Waals surface area contributed by atoms with Crippen LogP contribution in [0.2, 0.25) is 0 Å². The minimum Gasteiger partial charge on any atom is -0.312 e. The fourth-order valence-electron chi connectivity index (χ4n) is 3.26. The zero-order chi connectivity index (χ0) is 16.4. The molecule has 1 saturated heterocycles. The molecule has 2 aliphatic rings. The Labute approximate surface area is 143 Å². The summed E-state index contributed by atoms with van der Waals surface area (Å²) in [6.45, 7) is 4.14. The van der Waals surface area contributed by atoms with Crippen LogP contribution >= 0.6 is 0 Å². The molecule has 4 rings (SSSR count). The molecule has 1 N–H and O–H groups in total. The Balaban J connectivity index is 1.48. The van der Waals surface area contributed by atoms with Gasteiger partial charge in [0.25, 0.3) is 0 Å². The van der Waals surface area contributed by atoms with E-state index in [1.807, 2.05) is 4.68 Å². The Hall–Kier alpha value is -2.12. The molecule has 1 aromatic carbocycles. The van der Waals surface area contributed by atoms with E-state index in [0.29, 0.717) is 12.0 Å². The maximum atomic E-state index is 4.38. The van der Waals surface area contributed by atoms with Crippen LogP contribution in [0.5, 0.6) is 0 Å². The van der Waals surface area contributed by atoms with Gasteiger partial charge in [-0.3, -0.25) is 4.68 Å². The Kier molecular flexibility index (Phi) is 4.36. The molecule has 2 heterocycles. The van der Waals surface area contributed by atoms with Gasteiger partial charge in [-0.2, -0.15) is 0 Å². The van der Waals surface area contributed by atoms with Crippen LogP contribution in [0.3, 0.4) is 0 Å². The van der Waals surface area contributed by atoms with E-state index in [0.717, 1.165) is 29.9 Å². The summed E-state index contributed by atoms with van der Waals surface area (Å²) in [4.78, 5) is 0. The van der Waals surface area contributed by atoms with Gasteiger partial charge in [-0.05, 0) is 56.8 Å². The summed E-state index contributed by atoms with van der Waals surface area (Å²) < 4.78 is 1.97. The number of benzene rings is 1. The predicted molar refractivity (Wildman–Crippen MR) is 95.4 cm³/mol. The average Bonchev–Trinajstić information content (AvgIpc) is 3.32. The van der Waals surface area contributed by atoms with Crippen molar-refractivity contribution in [1.29, 1.82) is 0 Å².